The van der Waals surface area contributed by atoms with E-state index in [1.54, 1.807) is 0 Å². The molecule has 1 aliphatic heterocycles. The molecule has 1 aliphatic carbocycles. The Morgan fingerprint density at radius 2 is 2.08 bits per heavy atom. The molecule has 0 aromatic heterocycles. The molecule has 13 heavy (non-hydrogen) atoms. The van der Waals surface area contributed by atoms with Gasteiger partial charge in [-0.25, -0.2) is 0 Å². The molecule has 1 heterocycles. The largest absolute Gasteiger partial charge is 0.488 e. The van der Waals surface area contributed by atoms with Gasteiger partial charge in [-0.2, -0.15) is 0 Å². The number of hydrogen-bond acceptors (Lipinski definition) is 2. The second kappa shape index (κ2) is 4.47. The molecule has 1 saturated heterocycles. The maximum Gasteiger partial charge on any atom is 0.488 e. The summed E-state index contributed by atoms with van der Waals surface area (Å²) in [6.45, 7) is 8.42. The molecule has 75 valence electrons. The Kier molecular flexibility index (Phi) is 3.80. The molecule has 0 amide bonds. The average molecular weight is 183 g/mol. The van der Waals surface area contributed by atoms with E-state index in [9.17, 15) is 0 Å². The lowest BCUT2D eigenvalue weighted by molar-refractivity contribution is 0.0170. The van der Waals surface area contributed by atoms with Crippen molar-refractivity contribution in [3.05, 3.63) is 0 Å². The summed E-state index contributed by atoms with van der Waals surface area (Å²) in [6, 6.07) is 0. The van der Waals surface area contributed by atoms with E-state index in [-0.39, 0.29) is 5.60 Å². The van der Waals surface area contributed by atoms with Crippen molar-refractivity contribution < 1.29 is 9.31 Å². The van der Waals surface area contributed by atoms with Gasteiger partial charge in [0.1, 0.15) is 0 Å². The fraction of sp³-hybridized carbons (Fsp3) is 1.00. The summed E-state index contributed by atoms with van der Waals surface area (Å²) in [7, 11) is 1.53. The average Bonchev–Trinajstić information content (AvgIpc) is 2.64. The van der Waals surface area contributed by atoms with E-state index in [1.165, 1.54) is 14.1 Å². The van der Waals surface area contributed by atoms with Gasteiger partial charge in [0.25, 0.3) is 0 Å². The minimum Gasteiger partial charge on any atom is -0.407 e. The summed E-state index contributed by atoms with van der Waals surface area (Å²) in [5.74, 6) is 0.564. The van der Waals surface area contributed by atoms with E-state index in [2.05, 4.69) is 13.8 Å². The molecule has 2 rings (SSSR count). The van der Waals surface area contributed by atoms with Crippen LogP contribution in [0.25, 0.3) is 0 Å². The van der Waals surface area contributed by atoms with Crippen molar-refractivity contribution in [2.24, 2.45) is 5.92 Å². The zero-order valence-electron chi connectivity index (χ0n) is 9.17. The molecule has 2 atom stereocenters. The monoisotopic (exact) mass is 183 g/mol. The first-order chi connectivity index (χ1) is 6.26. The van der Waals surface area contributed by atoms with E-state index in [0.29, 0.717) is 12.0 Å². The smallest absolute Gasteiger partial charge is 0.407 e. The van der Waals surface area contributed by atoms with Crippen LogP contribution < -0.4 is 0 Å². The molecular formula is C10H20BO2. The van der Waals surface area contributed by atoms with Crippen LogP contribution in [-0.4, -0.2) is 19.4 Å². The van der Waals surface area contributed by atoms with Crippen LogP contribution in [0.2, 0.25) is 0 Å². The van der Waals surface area contributed by atoms with E-state index in [1.807, 2.05) is 13.8 Å². The maximum atomic E-state index is 5.58. The Hall–Kier alpha value is -0.0151. The standard InChI is InChI=1S/C8H14BO2.C2H6/c1-6(2)8-5-3-4-7(8)10-9-11-8;1-2/h6-7H,3-5H2,1-2H3;1-2H3/t7-,8-;/m0./s1. The van der Waals surface area contributed by atoms with Gasteiger partial charge in [0.05, 0.1) is 11.7 Å². The lowest BCUT2D eigenvalue weighted by Gasteiger charge is -2.32. The first-order valence-electron chi connectivity index (χ1n) is 5.41. The summed E-state index contributed by atoms with van der Waals surface area (Å²) < 4.78 is 11.0. The van der Waals surface area contributed by atoms with Crippen molar-refractivity contribution in [3.63, 3.8) is 0 Å². The first kappa shape index (κ1) is 11.1. The van der Waals surface area contributed by atoms with Crippen LogP contribution in [0.5, 0.6) is 0 Å². The van der Waals surface area contributed by atoms with Gasteiger partial charge in [-0.05, 0) is 25.2 Å². The van der Waals surface area contributed by atoms with Crippen molar-refractivity contribution in [2.75, 3.05) is 0 Å². The zero-order chi connectivity index (χ0) is 9.90. The van der Waals surface area contributed by atoms with E-state index in [0.717, 1.165) is 12.8 Å². The Morgan fingerprint density at radius 1 is 1.38 bits per heavy atom. The molecule has 2 nitrogen and oxygen atoms in total. The SMILES string of the molecule is CC.CC(C)[C@@]12CCC[C@@H]1O[B]O2. The van der Waals surface area contributed by atoms with Gasteiger partial charge < -0.3 is 9.31 Å². The molecule has 0 N–H and O–H groups in total. The zero-order valence-corrected chi connectivity index (χ0v) is 9.17. The minimum absolute atomic E-state index is 0.0278. The maximum absolute atomic E-state index is 5.58. The van der Waals surface area contributed by atoms with Crippen LogP contribution in [0.15, 0.2) is 0 Å². The molecule has 1 saturated carbocycles. The topological polar surface area (TPSA) is 18.5 Å². The highest BCUT2D eigenvalue weighted by molar-refractivity contribution is 6.19. The van der Waals surface area contributed by atoms with Gasteiger partial charge >= 0.3 is 7.69 Å². The lowest BCUT2D eigenvalue weighted by Crippen LogP contribution is -2.40. The van der Waals surface area contributed by atoms with Crippen molar-refractivity contribution >= 4 is 7.69 Å². The van der Waals surface area contributed by atoms with Gasteiger partial charge in [0.2, 0.25) is 0 Å². The van der Waals surface area contributed by atoms with Crippen molar-refractivity contribution in [2.45, 2.75) is 58.7 Å². The third-order valence-electron chi connectivity index (χ3n) is 3.04. The van der Waals surface area contributed by atoms with E-state index < -0.39 is 0 Å². The fourth-order valence-corrected chi connectivity index (χ4v) is 2.27. The molecule has 0 unspecified atom stereocenters. The summed E-state index contributed by atoms with van der Waals surface area (Å²) in [5, 5.41) is 0. The normalized spacial score (nSPS) is 36.5. The molecule has 0 spiro atoms. The summed E-state index contributed by atoms with van der Waals surface area (Å²) >= 11 is 0. The highest BCUT2D eigenvalue weighted by atomic mass is 16.6. The highest BCUT2D eigenvalue weighted by Crippen LogP contribution is 2.43. The van der Waals surface area contributed by atoms with E-state index >= 15 is 0 Å². The number of rotatable bonds is 1. The predicted octanol–water partition coefficient (Wildman–Crippen LogP) is 2.54. The van der Waals surface area contributed by atoms with Crippen LogP contribution in [0.3, 0.4) is 0 Å². The van der Waals surface area contributed by atoms with Gasteiger partial charge in [0.15, 0.2) is 0 Å². The number of hydrogen-bond donors (Lipinski definition) is 0. The van der Waals surface area contributed by atoms with Crippen LogP contribution in [0, 0.1) is 5.92 Å². The molecule has 0 bridgehead atoms. The van der Waals surface area contributed by atoms with Gasteiger partial charge in [-0.15, -0.1) is 0 Å². The second-order valence-corrected chi connectivity index (χ2v) is 3.84. The van der Waals surface area contributed by atoms with Crippen LogP contribution in [-0.2, 0) is 9.31 Å². The van der Waals surface area contributed by atoms with Crippen LogP contribution in [0.1, 0.15) is 47.0 Å². The third-order valence-corrected chi connectivity index (χ3v) is 3.04. The number of fused-ring (bicyclic) bond motifs is 1. The van der Waals surface area contributed by atoms with Gasteiger partial charge in [-0.1, -0.05) is 27.7 Å². The Bertz CT molecular complexity index is 149. The molecule has 2 aliphatic rings. The molecule has 0 aromatic rings. The molecular weight excluding hydrogens is 163 g/mol. The third kappa shape index (κ3) is 1.77. The van der Waals surface area contributed by atoms with E-state index in [4.69, 9.17) is 9.31 Å². The summed E-state index contributed by atoms with van der Waals surface area (Å²) in [6.07, 6.45) is 3.90. The Balaban J connectivity index is 0.000000396. The van der Waals surface area contributed by atoms with Gasteiger partial charge in [0, 0.05) is 0 Å². The molecule has 1 radical (unpaired) electrons. The quantitative estimate of drug-likeness (QED) is 0.581. The minimum atomic E-state index is 0.0278. The molecule has 2 fully saturated rings. The fourth-order valence-electron chi connectivity index (χ4n) is 2.27. The van der Waals surface area contributed by atoms with Crippen molar-refractivity contribution in [1.82, 2.24) is 0 Å². The summed E-state index contributed by atoms with van der Waals surface area (Å²) in [4.78, 5) is 0. The van der Waals surface area contributed by atoms with Crippen LogP contribution >= 0.6 is 0 Å². The molecule has 3 heteroatoms. The second-order valence-electron chi connectivity index (χ2n) is 3.84. The van der Waals surface area contributed by atoms with Crippen molar-refractivity contribution in [3.8, 4) is 0 Å². The predicted molar refractivity (Wildman–Crippen MR) is 54.5 cm³/mol. The van der Waals surface area contributed by atoms with Crippen molar-refractivity contribution in [1.29, 1.82) is 0 Å². The Morgan fingerprint density at radius 3 is 2.62 bits per heavy atom. The molecule has 0 aromatic carbocycles. The highest BCUT2D eigenvalue weighted by Gasteiger charge is 2.50. The van der Waals surface area contributed by atoms with Crippen LogP contribution in [0.4, 0.5) is 0 Å². The first-order valence-corrected chi connectivity index (χ1v) is 5.41. The van der Waals surface area contributed by atoms with Gasteiger partial charge in [-0.3, -0.25) is 0 Å². The summed E-state index contributed by atoms with van der Waals surface area (Å²) in [5.41, 5.74) is 0.0278. The lowest BCUT2D eigenvalue weighted by atomic mass is 9.87. The Labute approximate surface area is 82.3 Å².